The SMILES string of the molecule is CCc1ccc(CNc2nc(Cl)ncc2C)cc1. The lowest BCUT2D eigenvalue weighted by atomic mass is 10.1. The van der Waals surface area contributed by atoms with Crippen LogP contribution in [-0.4, -0.2) is 9.97 Å². The average molecular weight is 262 g/mol. The molecule has 1 aromatic carbocycles. The van der Waals surface area contributed by atoms with E-state index in [1.165, 1.54) is 11.1 Å². The second-order valence-electron chi connectivity index (χ2n) is 4.19. The molecule has 0 aliphatic heterocycles. The summed E-state index contributed by atoms with van der Waals surface area (Å²) < 4.78 is 0. The Kier molecular flexibility index (Phi) is 4.15. The third-order valence-corrected chi connectivity index (χ3v) is 3.02. The molecule has 0 saturated heterocycles. The lowest BCUT2D eigenvalue weighted by Crippen LogP contribution is -2.04. The number of nitrogens with one attached hydrogen (secondary N) is 1. The van der Waals surface area contributed by atoms with E-state index in [1.54, 1.807) is 6.20 Å². The number of halogens is 1. The van der Waals surface area contributed by atoms with Gasteiger partial charge in [0, 0.05) is 18.3 Å². The zero-order chi connectivity index (χ0) is 13.0. The van der Waals surface area contributed by atoms with Crippen LogP contribution in [0.2, 0.25) is 5.28 Å². The van der Waals surface area contributed by atoms with Gasteiger partial charge in [-0.1, -0.05) is 31.2 Å². The Morgan fingerprint density at radius 1 is 1.17 bits per heavy atom. The zero-order valence-electron chi connectivity index (χ0n) is 10.6. The van der Waals surface area contributed by atoms with Gasteiger partial charge in [-0.2, -0.15) is 0 Å². The molecule has 1 heterocycles. The fourth-order valence-corrected chi connectivity index (χ4v) is 1.81. The van der Waals surface area contributed by atoms with Gasteiger partial charge in [0.05, 0.1) is 0 Å². The van der Waals surface area contributed by atoms with Gasteiger partial charge in [0.15, 0.2) is 0 Å². The number of anilines is 1. The molecule has 0 aliphatic rings. The Hall–Kier alpha value is -1.61. The van der Waals surface area contributed by atoms with E-state index in [9.17, 15) is 0 Å². The molecule has 0 bridgehead atoms. The van der Waals surface area contributed by atoms with E-state index in [0.717, 1.165) is 24.3 Å². The van der Waals surface area contributed by atoms with Crippen LogP contribution in [0.5, 0.6) is 0 Å². The van der Waals surface area contributed by atoms with E-state index in [0.29, 0.717) is 0 Å². The summed E-state index contributed by atoms with van der Waals surface area (Å²) in [6.07, 6.45) is 2.78. The van der Waals surface area contributed by atoms with Crippen molar-refractivity contribution < 1.29 is 0 Å². The molecule has 18 heavy (non-hydrogen) atoms. The molecule has 3 nitrogen and oxygen atoms in total. The third-order valence-electron chi connectivity index (χ3n) is 2.83. The van der Waals surface area contributed by atoms with Crippen LogP contribution in [0.3, 0.4) is 0 Å². The maximum Gasteiger partial charge on any atom is 0.224 e. The van der Waals surface area contributed by atoms with Crippen molar-refractivity contribution in [1.82, 2.24) is 9.97 Å². The molecule has 1 aromatic heterocycles. The Balaban J connectivity index is 2.04. The van der Waals surface area contributed by atoms with Crippen molar-refractivity contribution in [3.63, 3.8) is 0 Å². The predicted molar refractivity (Wildman–Crippen MR) is 74.9 cm³/mol. The van der Waals surface area contributed by atoms with Crippen molar-refractivity contribution >= 4 is 17.4 Å². The molecule has 94 valence electrons. The highest BCUT2D eigenvalue weighted by Crippen LogP contribution is 2.14. The Labute approximate surface area is 112 Å². The number of hydrogen-bond acceptors (Lipinski definition) is 3. The largest absolute Gasteiger partial charge is 0.366 e. The van der Waals surface area contributed by atoms with Gasteiger partial charge in [-0.25, -0.2) is 9.97 Å². The standard InChI is InChI=1S/C14H16ClN3/c1-3-11-4-6-12(7-5-11)9-16-13-10(2)8-17-14(15)18-13/h4-8H,3,9H2,1-2H3,(H,16,17,18). The zero-order valence-corrected chi connectivity index (χ0v) is 11.3. The van der Waals surface area contributed by atoms with Gasteiger partial charge >= 0.3 is 0 Å². The van der Waals surface area contributed by atoms with Gasteiger partial charge in [0.25, 0.3) is 0 Å². The molecule has 0 atom stereocenters. The van der Waals surface area contributed by atoms with Crippen molar-refractivity contribution in [2.24, 2.45) is 0 Å². The maximum atomic E-state index is 5.78. The van der Waals surface area contributed by atoms with E-state index in [4.69, 9.17) is 11.6 Å². The first-order chi connectivity index (χ1) is 8.69. The summed E-state index contributed by atoms with van der Waals surface area (Å²) in [5.41, 5.74) is 3.56. The van der Waals surface area contributed by atoms with Crippen molar-refractivity contribution in [2.45, 2.75) is 26.8 Å². The van der Waals surface area contributed by atoms with Gasteiger partial charge in [-0.15, -0.1) is 0 Å². The molecule has 0 radical (unpaired) electrons. The number of hydrogen-bond donors (Lipinski definition) is 1. The molecule has 0 fully saturated rings. The smallest absolute Gasteiger partial charge is 0.224 e. The highest BCUT2D eigenvalue weighted by atomic mass is 35.5. The summed E-state index contributed by atoms with van der Waals surface area (Å²) in [7, 11) is 0. The minimum absolute atomic E-state index is 0.268. The molecule has 0 unspecified atom stereocenters. The van der Waals surface area contributed by atoms with Gasteiger partial charge in [0.1, 0.15) is 5.82 Å². The highest BCUT2D eigenvalue weighted by molar-refractivity contribution is 6.28. The van der Waals surface area contributed by atoms with Gasteiger partial charge in [-0.05, 0) is 36.1 Å². The molecule has 0 saturated carbocycles. The molecule has 4 heteroatoms. The first-order valence-corrected chi connectivity index (χ1v) is 6.37. The molecule has 0 spiro atoms. The number of benzene rings is 1. The topological polar surface area (TPSA) is 37.8 Å². The Morgan fingerprint density at radius 3 is 2.50 bits per heavy atom. The average Bonchev–Trinajstić information content (AvgIpc) is 2.40. The fraction of sp³-hybridized carbons (Fsp3) is 0.286. The van der Waals surface area contributed by atoms with E-state index >= 15 is 0 Å². The van der Waals surface area contributed by atoms with E-state index in [2.05, 4.69) is 46.5 Å². The van der Waals surface area contributed by atoms with Gasteiger partial charge in [-0.3, -0.25) is 0 Å². The van der Waals surface area contributed by atoms with E-state index in [1.807, 2.05) is 6.92 Å². The number of aryl methyl sites for hydroxylation is 2. The van der Waals surface area contributed by atoms with E-state index in [-0.39, 0.29) is 5.28 Å². The monoisotopic (exact) mass is 261 g/mol. The Morgan fingerprint density at radius 2 is 1.83 bits per heavy atom. The Bertz CT molecular complexity index is 523. The fourth-order valence-electron chi connectivity index (χ4n) is 1.68. The second-order valence-corrected chi connectivity index (χ2v) is 4.53. The van der Waals surface area contributed by atoms with Crippen LogP contribution in [0, 0.1) is 6.92 Å². The van der Waals surface area contributed by atoms with Crippen LogP contribution < -0.4 is 5.32 Å². The maximum absolute atomic E-state index is 5.78. The molecule has 1 N–H and O–H groups in total. The quantitative estimate of drug-likeness (QED) is 0.855. The molecular formula is C14H16ClN3. The lowest BCUT2D eigenvalue weighted by Gasteiger charge is -2.08. The first-order valence-electron chi connectivity index (χ1n) is 6.00. The van der Waals surface area contributed by atoms with Crippen molar-refractivity contribution in [3.8, 4) is 0 Å². The third kappa shape index (κ3) is 3.20. The van der Waals surface area contributed by atoms with Crippen molar-refractivity contribution in [3.05, 3.63) is 52.4 Å². The van der Waals surface area contributed by atoms with Crippen molar-refractivity contribution in [2.75, 3.05) is 5.32 Å². The summed E-state index contributed by atoms with van der Waals surface area (Å²) in [5.74, 6) is 0.787. The summed E-state index contributed by atoms with van der Waals surface area (Å²) in [5, 5.41) is 3.54. The van der Waals surface area contributed by atoms with Gasteiger partial charge < -0.3 is 5.32 Å². The van der Waals surface area contributed by atoms with Crippen LogP contribution in [0.15, 0.2) is 30.5 Å². The van der Waals surface area contributed by atoms with Gasteiger partial charge in [0.2, 0.25) is 5.28 Å². The molecule has 0 aliphatic carbocycles. The molecule has 2 rings (SSSR count). The minimum Gasteiger partial charge on any atom is -0.366 e. The molecular weight excluding hydrogens is 246 g/mol. The second kappa shape index (κ2) is 5.83. The minimum atomic E-state index is 0.268. The summed E-state index contributed by atoms with van der Waals surface area (Å²) in [4.78, 5) is 8.10. The summed E-state index contributed by atoms with van der Waals surface area (Å²) in [6, 6.07) is 8.56. The van der Waals surface area contributed by atoms with Crippen LogP contribution in [0.1, 0.15) is 23.6 Å². The molecule has 2 aromatic rings. The van der Waals surface area contributed by atoms with Crippen LogP contribution in [-0.2, 0) is 13.0 Å². The number of rotatable bonds is 4. The van der Waals surface area contributed by atoms with Crippen molar-refractivity contribution in [1.29, 1.82) is 0 Å². The lowest BCUT2D eigenvalue weighted by molar-refractivity contribution is 1.05. The highest BCUT2D eigenvalue weighted by Gasteiger charge is 2.02. The summed E-state index contributed by atoms with van der Waals surface area (Å²) in [6.45, 7) is 4.84. The van der Waals surface area contributed by atoms with Crippen LogP contribution in [0.4, 0.5) is 5.82 Å². The first kappa shape index (κ1) is 12.8. The number of aromatic nitrogens is 2. The number of nitrogens with zero attached hydrogens (tertiary/aromatic N) is 2. The predicted octanol–water partition coefficient (Wildman–Crippen LogP) is 3.61. The molecule has 0 amide bonds. The van der Waals surface area contributed by atoms with Crippen LogP contribution >= 0.6 is 11.6 Å². The normalized spacial score (nSPS) is 10.4. The van der Waals surface area contributed by atoms with Crippen LogP contribution in [0.25, 0.3) is 0 Å². The summed E-state index contributed by atoms with van der Waals surface area (Å²) >= 11 is 5.78. The van der Waals surface area contributed by atoms with E-state index < -0.39 is 0 Å².